The summed E-state index contributed by atoms with van der Waals surface area (Å²) >= 11 is 0. The number of amides is 1. The van der Waals surface area contributed by atoms with Crippen molar-refractivity contribution >= 4 is 15.7 Å². The number of nitrogens with one attached hydrogen (secondary N) is 1. The summed E-state index contributed by atoms with van der Waals surface area (Å²) in [5.74, 6) is 0.233. The minimum Gasteiger partial charge on any atom is -0.338 e. The van der Waals surface area contributed by atoms with Crippen LogP contribution in [0, 0.1) is 0 Å². The van der Waals surface area contributed by atoms with Gasteiger partial charge in [0.25, 0.3) is 0 Å². The van der Waals surface area contributed by atoms with Gasteiger partial charge in [0.2, 0.25) is 5.91 Å². The van der Waals surface area contributed by atoms with E-state index < -0.39 is 9.84 Å². The second-order valence-electron chi connectivity index (χ2n) is 5.20. The molecule has 1 aliphatic heterocycles. The number of rotatable bonds is 6. The summed E-state index contributed by atoms with van der Waals surface area (Å²) in [4.78, 5) is 17.8. The molecule has 1 aromatic heterocycles. The maximum Gasteiger partial charge on any atom is 0.236 e. The van der Waals surface area contributed by atoms with Crippen molar-refractivity contribution in [3.8, 4) is 0 Å². The highest BCUT2D eigenvalue weighted by molar-refractivity contribution is 7.91. The van der Waals surface area contributed by atoms with Gasteiger partial charge in [0.15, 0.2) is 9.84 Å². The van der Waals surface area contributed by atoms with Crippen molar-refractivity contribution in [2.45, 2.75) is 25.9 Å². The topological polar surface area (TPSA) is 79.4 Å². The summed E-state index contributed by atoms with van der Waals surface area (Å²) in [6, 6.07) is 3.60. The van der Waals surface area contributed by atoms with Gasteiger partial charge in [-0.15, -0.1) is 0 Å². The Hall–Kier alpha value is -1.47. The molecule has 0 spiro atoms. The zero-order valence-electron chi connectivity index (χ0n) is 12.2. The Labute approximate surface area is 125 Å². The van der Waals surface area contributed by atoms with Crippen LogP contribution in [0.5, 0.6) is 0 Å². The van der Waals surface area contributed by atoms with Gasteiger partial charge in [0.05, 0.1) is 18.1 Å². The predicted molar refractivity (Wildman–Crippen MR) is 80.4 cm³/mol. The van der Waals surface area contributed by atoms with Crippen molar-refractivity contribution in [2.24, 2.45) is 0 Å². The van der Waals surface area contributed by atoms with Crippen LogP contribution in [0.15, 0.2) is 24.5 Å². The standard InChI is InChI=1S/C14H21N3O3S/c1-2-17(13-5-8-21(19,20)11-13)14(18)10-16-9-12-3-6-15-7-4-12/h3-4,6-7,13,16H,2,5,8-11H2,1H3. The Morgan fingerprint density at radius 3 is 2.71 bits per heavy atom. The predicted octanol–water partition coefficient (Wildman–Crippen LogP) is 0.207. The third-order valence-electron chi connectivity index (χ3n) is 3.66. The third-order valence-corrected chi connectivity index (χ3v) is 5.42. The van der Waals surface area contributed by atoms with E-state index in [2.05, 4.69) is 10.3 Å². The Kier molecular flexibility index (Phi) is 5.30. The molecule has 0 aliphatic carbocycles. The van der Waals surface area contributed by atoms with Gasteiger partial charge in [-0.05, 0) is 31.0 Å². The molecule has 1 saturated heterocycles. The Bertz CT molecular complexity index is 574. The van der Waals surface area contributed by atoms with Crippen molar-refractivity contribution in [3.63, 3.8) is 0 Å². The number of hydrogen-bond acceptors (Lipinski definition) is 5. The zero-order chi connectivity index (χ0) is 15.3. The molecule has 1 amide bonds. The number of carbonyl (C=O) groups is 1. The van der Waals surface area contributed by atoms with Crippen LogP contribution in [0.4, 0.5) is 0 Å². The van der Waals surface area contributed by atoms with E-state index in [9.17, 15) is 13.2 Å². The number of sulfone groups is 1. The highest BCUT2D eigenvalue weighted by Crippen LogP contribution is 2.17. The number of nitrogens with zero attached hydrogens (tertiary/aromatic N) is 2. The molecule has 1 fully saturated rings. The molecular formula is C14H21N3O3S. The Morgan fingerprint density at radius 1 is 1.43 bits per heavy atom. The average molecular weight is 311 g/mol. The minimum absolute atomic E-state index is 0.0475. The Balaban J connectivity index is 1.83. The van der Waals surface area contributed by atoms with Crippen molar-refractivity contribution in [1.82, 2.24) is 15.2 Å². The van der Waals surface area contributed by atoms with Crippen molar-refractivity contribution in [2.75, 3.05) is 24.6 Å². The van der Waals surface area contributed by atoms with Crippen LogP contribution in [0.25, 0.3) is 0 Å². The Morgan fingerprint density at radius 2 is 2.14 bits per heavy atom. The van der Waals surface area contributed by atoms with Gasteiger partial charge >= 0.3 is 0 Å². The van der Waals surface area contributed by atoms with Crippen LogP contribution in [-0.4, -0.2) is 54.8 Å². The van der Waals surface area contributed by atoms with Crippen LogP contribution in [0.3, 0.4) is 0 Å². The molecule has 21 heavy (non-hydrogen) atoms. The van der Waals surface area contributed by atoms with E-state index in [1.807, 2.05) is 19.1 Å². The number of aromatic nitrogens is 1. The molecule has 0 bridgehead atoms. The lowest BCUT2D eigenvalue weighted by molar-refractivity contribution is -0.131. The fraction of sp³-hybridized carbons (Fsp3) is 0.571. The molecule has 1 aliphatic rings. The molecular weight excluding hydrogens is 290 g/mol. The van der Waals surface area contributed by atoms with Gasteiger partial charge in [-0.2, -0.15) is 0 Å². The lowest BCUT2D eigenvalue weighted by Gasteiger charge is -2.27. The molecule has 6 nitrogen and oxygen atoms in total. The highest BCUT2D eigenvalue weighted by atomic mass is 32.2. The fourth-order valence-corrected chi connectivity index (χ4v) is 4.31. The largest absolute Gasteiger partial charge is 0.338 e. The molecule has 0 radical (unpaired) electrons. The van der Waals surface area contributed by atoms with Crippen LogP contribution < -0.4 is 5.32 Å². The molecule has 1 unspecified atom stereocenters. The van der Waals surface area contributed by atoms with E-state index in [-0.39, 0.29) is 30.0 Å². The molecule has 1 aromatic rings. The average Bonchev–Trinajstić information content (AvgIpc) is 2.81. The van der Waals surface area contributed by atoms with Gasteiger partial charge in [-0.25, -0.2) is 8.42 Å². The second-order valence-corrected chi connectivity index (χ2v) is 7.42. The zero-order valence-corrected chi connectivity index (χ0v) is 13.0. The van der Waals surface area contributed by atoms with E-state index in [4.69, 9.17) is 0 Å². The minimum atomic E-state index is -2.97. The van der Waals surface area contributed by atoms with Gasteiger partial charge in [0, 0.05) is 31.5 Å². The first kappa shape index (κ1) is 15.9. The van der Waals surface area contributed by atoms with Gasteiger partial charge in [0.1, 0.15) is 0 Å². The highest BCUT2D eigenvalue weighted by Gasteiger charge is 2.33. The molecule has 1 atom stereocenters. The lowest BCUT2D eigenvalue weighted by atomic mass is 10.2. The summed E-state index contributed by atoms with van der Waals surface area (Å²) in [7, 11) is -2.97. The first-order valence-electron chi connectivity index (χ1n) is 7.11. The first-order valence-corrected chi connectivity index (χ1v) is 8.93. The quantitative estimate of drug-likeness (QED) is 0.812. The van der Waals surface area contributed by atoms with E-state index in [0.717, 1.165) is 5.56 Å². The van der Waals surface area contributed by atoms with Crippen LogP contribution in [0.1, 0.15) is 18.9 Å². The number of likely N-dealkylation sites (N-methyl/N-ethyl adjacent to an activating group) is 1. The smallest absolute Gasteiger partial charge is 0.236 e. The third kappa shape index (κ3) is 4.50. The van der Waals surface area contributed by atoms with Gasteiger partial charge < -0.3 is 10.2 Å². The first-order chi connectivity index (χ1) is 10.0. The molecule has 0 saturated carbocycles. The van der Waals surface area contributed by atoms with Crippen LogP contribution in [-0.2, 0) is 21.2 Å². The number of hydrogen-bond donors (Lipinski definition) is 1. The van der Waals surface area contributed by atoms with Crippen LogP contribution in [0.2, 0.25) is 0 Å². The normalized spacial score (nSPS) is 20.3. The maximum absolute atomic E-state index is 12.2. The van der Waals surface area contributed by atoms with E-state index in [0.29, 0.717) is 19.5 Å². The molecule has 116 valence electrons. The van der Waals surface area contributed by atoms with Crippen molar-refractivity contribution < 1.29 is 13.2 Å². The molecule has 7 heteroatoms. The van der Waals surface area contributed by atoms with Gasteiger partial charge in [-0.1, -0.05) is 0 Å². The summed E-state index contributed by atoms with van der Waals surface area (Å²) in [5.41, 5.74) is 1.06. The summed E-state index contributed by atoms with van der Waals surface area (Å²) < 4.78 is 23.0. The van der Waals surface area contributed by atoms with E-state index in [1.54, 1.807) is 17.3 Å². The summed E-state index contributed by atoms with van der Waals surface area (Å²) in [5, 5.41) is 3.09. The molecule has 2 heterocycles. The van der Waals surface area contributed by atoms with Crippen molar-refractivity contribution in [3.05, 3.63) is 30.1 Å². The van der Waals surface area contributed by atoms with E-state index >= 15 is 0 Å². The molecule has 0 aromatic carbocycles. The lowest BCUT2D eigenvalue weighted by Crippen LogP contribution is -2.45. The summed E-state index contributed by atoms with van der Waals surface area (Å²) in [6.07, 6.45) is 3.97. The molecule has 2 rings (SSSR count). The number of carbonyl (C=O) groups excluding carboxylic acids is 1. The molecule has 1 N–H and O–H groups in total. The fourth-order valence-electron chi connectivity index (χ4n) is 2.58. The second kappa shape index (κ2) is 7.00. The van der Waals surface area contributed by atoms with Crippen molar-refractivity contribution in [1.29, 1.82) is 0 Å². The SMILES string of the molecule is CCN(C(=O)CNCc1ccncc1)C1CCS(=O)(=O)C1. The monoisotopic (exact) mass is 311 g/mol. The summed E-state index contributed by atoms with van der Waals surface area (Å²) in [6.45, 7) is 3.23. The number of pyridine rings is 1. The van der Waals surface area contributed by atoms with E-state index in [1.165, 1.54) is 0 Å². The van der Waals surface area contributed by atoms with Gasteiger partial charge in [-0.3, -0.25) is 9.78 Å². The maximum atomic E-state index is 12.2. The van der Waals surface area contributed by atoms with Crippen LogP contribution >= 0.6 is 0 Å².